The van der Waals surface area contributed by atoms with Gasteiger partial charge in [-0.05, 0) is 42.7 Å². The minimum absolute atomic E-state index is 0.135. The standard InChI is InChI=1S/C18H17N5O2S2/c19-27(24,25)15-8-6-13(7-9-15)3-1-5-17-22-23-16(12-21-18(23)26-17)14-4-2-10-20-11-14/h2,4,6-12H,1,3,5H2,(H2,19,24,25). The molecule has 0 unspecified atom stereocenters. The van der Waals surface area contributed by atoms with E-state index in [9.17, 15) is 8.42 Å². The minimum Gasteiger partial charge on any atom is -0.264 e. The second-order valence-corrected chi connectivity index (χ2v) is 8.72. The number of aromatic nitrogens is 4. The first-order valence-corrected chi connectivity index (χ1v) is 10.7. The van der Waals surface area contributed by atoms with Crippen molar-refractivity contribution in [2.24, 2.45) is 5.14 Å². The van der Waals surface area contributed by atoms with Crippen molar-refractivity contribution in [2.45, 2.75) is 24.2 Å². The molecule has 9 heteroatoms. The van der Waals surface area contributed by atoms with Crippen LogP contribution < -0.4 is 5.14 Å². The largest absolute Gasteiger partial charge is 0.264 e. The van der Waals surface area contributed by atoms with Gasteiger partial charge < -0.3 is 0 Å². The summed E-state index contributed by atoms with van der Waals surface area (Å²) in [5.41, 5.74) is 2.98. The van der Waals surface area contributed by atoms with E-state index in [2.05, 4.69) is 15.1 Å². The molecular formula is C18H17N5O2S2. The Morgan fingerprint density at radius 3 is 2.59 bits per heavy atom. The summed E-state index contributed by atoms with van der Waals surface area (Å²) >= 11 is 1.58. The SMILES string of the molecule is NS(=O)(=O)c1ccc(CCCc2nn3c(-c4cccnc4)cnc3s2)cc1. The van der Waals surface area contributed by atoms with Crippen molar-refractivity contribution in [1.29, 1.82) is 0 Å². The summed E-state index contributed by atoms with van der Waals surface area (Å²) in [7, 11) is -3.64. The first kappa shape index (κ1) is 17.8. The molecule has 1 aromatic carbocycles. The van der Waals surface area contributed by atoms with Crippen molar-refractivity contribution in [2.75, 3.05) is 0 Å². The zero-order valence-corrected chi connectivity index (χ0v) is 15.9. The van der Waals surface area contributed by atoms with Crippen LogP contribution >= 0.6 is 11.3 Å². The number of aryl methyl sites for hydroxylation is 2. The summed E-state index contributed by atoms with van der Waals surface area (Å²) in [6.45, 7) is 0. The lowest BCUT2D eigenvalue weighted by atomic mass is 10.1. The molecule has 2 N–H and O–H groups in total. The number of nitrogens with zero attached hydrogens (tertiary/aromatic N) is 4. The Balaban J connectivity index is 1.43. The molecule has 4 rings (SSSR count). The zero-order valence-electron chi connectivity index (χ0n) is 14.3. The zero-order chi connectivity index (χ0) is 18.9. The Labute approximate surface area is 160 Å². The molecule has 0 aliphatic carbocycles. The number of fused-ring (bicyclic) bond motifs is 1. The molecule has 27 heavy (non-hydrogen) atoms. The second-order valence-electron chi connectivity index (χ2n) is 6.12. The van der Waals surface area contributed by atoms with Crippen molar-refractivity contribution >= 4 is 26.3 Å². The number of hydrogen-bond acceptors (Lipinski definition) is 6. The topological polar surface area (TPSA) is 103 Å². The normalized spacial score (nSPS) is 11.9. The fourth-order valence-corrected chi connectivity index (χ4v) is 4.26. The van der Waals surface area contributed by atoms with Crippen molar-refractivity contribution < 1.29 is 8.42 Å². The van der Waals surface area contributed by atoms with Gasteiger partial charge in [0.1, 0.15) is 5.01 Å². The molecule has 0 aliphatic rings. The highest BCUT2D eigenvalue weighted by Crippen LogP contribution is 2.24. The van der Waals surface area contributed by atoms with E-state index in [1.54, 1.807) is 48.0 Å². The predicted molar refractivity (Wildman–Crippen MR) is 104 cm³/mol. The van der Waals surface area contributed by atoms with Crippen LogP contribution in [-0.4, -0.2) is 28.0 Å². The van der Waals surface area contributed by atoms with E-state index >= 15 is 0 Å². The number of hydrogen-bond donors (Lipinski definition) is 1. The molecule has 138 valence electrons. The van der Waals surface area contributed by atoms with Crippen LogP contribution in [0, 0.1) is 0 Å². The number of nitrogens with two attached hydrogens (primary N) is 1. The van der Waals surface area contributed by atoms with Gasteiger partial charge in [0, 0.05) is 24.4 Å². The summed E-state index contributed by atoms with van der Waals surface area (Å²) in [6, 6.07) is 10.6. The quantitative estimate of drug-likeness (QED) is 0.537. The Bertz CT molecular complexity index is 1170. The Hall–Kier alpha value is -2.62. The van der Waals surface area contributed by atoms with Crippen LogP contribution in [0.15, 0.2) is 59.9 Å². The first-order chi connectivity index (χ1) is 13.0. The average Bonchev–Trinajstić information content (AvgIpc) is 3.22. The van der Waals surface area contributed by atoms with E-state index in [-0.39, 0.29) is 4.90 Å². The summed E-state index contributed by atoms with van der Waals surface area (Å²) in [6.07, 6.45) is 7.93. The van der Waals surface area contributed by atoms with E-state index in [0.717, 1.165) is 46.1 Å². The molecule has 0 radical (unpaired) electrons. The van der Waals surface area contributed by atoms with Crippen molar-refractivity contribution in [3.8, 4) is 11.3 Å². The van der Waals surface area contributed by atoms with E-state index in [0.29, 0.717) is 0 Å². The molecule has 0 atom stereocenters. The molecule has 0 amide bonds. The monoisotopic (exact) mass is 399 g/mol. The lowest BCUT2D eigenvalue weighted by Gasteiger charge is -2.02. The first-order valence-electron chi connectivity index (χ1n) is 8.36. The third-order valence-corrected chi connectivity index (χ3v) is 6.10. The smallest absolute Gasteiger partial charge is 0.238 e. The summed E-state index contributed by atoms with van der Waals surface area (Å²) in [4.78, 5) is 9.58. The van der Waals surface area contributed by atoms with Gasteiger partial charge in [0.25, 0.3) is 0 Å². The van der Waals surface area contributed by atoms with Gasteiger partial charge in [-0.1, -0.05) is 23.5 Å². The van der Waals surface area contributed by atoms with E-state index < -0.39 is 10.0 Å². The minimum atomic E-state index is -3.64. The molecule has 0 bridgehead atoms. The van der Waals surface area contributed by atoms with E-state index in [4.69, 9.17) is 5.14 Å². The van der Waals surface area contributed by atoms with Gasteiger partial charge in [-0.25, -0.2) is 23.1 Å². The van der Waals surface area contributed by atoms with Gasteiger partial charge in [-0.2, -0.15) is 5.10 Å². The molecule has 3 heterocycles. The lowest BCUT2D eigenvalue weighted by Crippen LogP contribution is -2.11. The molecule has 0 spiro atoms. The Morgan fingerprint density at radius 2 is 1.89 bits per heavy atom. The second kappa shape index (κ2) is 7.18. The maximum absolute atomic E-state index is 11.3. The van der Waals surface area contributed by atoms with Crippen LogP contribution in [-0.2, 0) is 22.9 Å². The van der Waals surface area contributed by atoms with Crippen LogP contribution in [0.3, 0.4) is 0 Å². The van der Waals surface area contributed by atoms with Gasteiger partial charge in [0.05, 0.1) is 16.8 Å². The highest BCUT2D eigenvalue weighted by Gasteiger charge is 2.12. The number of primary sulfonamides is 1. The predicted octanol–water partition coefficient (Wildman–Crippen LogP) is 2.68. The molecule has 0 saturated heterocycles. The summed E-state index contributed by atoms with van der Waals surface area (Å²) in [5, 5.41) is 10.8. The molecule has 7 nitrogen and oxygen atoms in total. The lowest BCUT2D eigenvalue weighted by molar-refractivity contribution is 0.597. The van der Waals surface area contributed by atoms with Crippen LogP contribution in [0.1, 0.15) is 17.0 Å². The van der Waals surface area contributed by atoms with Gasteiger partial charge in [0.2, 0.25) is 15.0 Å². The maximum atomic E-state index is 11.3. The molecule has 0 saturated carbocycles. The van der Waals surface area contributed by atoms with E-state index in [1.807, 2.05) is 22.8 Å². The summed E-state index contributed by atoms with van der Waals surface area (Å²) < 4.78 is 24.4. The van der Waals surface area contributed by atoms with Crippen molar-refractivity contribution in [3.63, 3.8) is 0 Å². The summed E-state index contributed by atoms with van der Waals surface area (Å²) in [5.74, 6) is 0. The average molecular weight is 400 g/mol. The molecule has 4 aromatic rings. The van der Waals surface area contributed by atoms with Gasteiger partial charge in [0.15, 0.2) is 0 Å². The number of imidazole rings is 1. The third-order valence-electron chi connectivity index (χ3n) is 4.19. The van der Waals surface area contributed by atoms with Gasteiger partial charge >= 0.3 is 0 Å². The number of rotatable bonds is 6. The van der Waals surface area contributed by atoms with Crippen LogP contribution in [0.5, 0.6) is 0 Å². The van der Waals surface area contributed by atoms with Crippen molar-refractivity contribution in [1.82, 2.24) is 19.6 Å². The van der Waals surface area contributed by atoms with Crippen LogP contribution in [0.2, 0.25) is 0 Å². The molecule has 3 aromatic heterocycles. The highest BCUT2D eigenvalue weighted by molar-refractivity contribution is 7.89. The maximum Gasteiger partial charge on any atom is 0.238 e. The number of pyridine rings is 1. The molecular weight excluding hydrogens is 382 g/mol. The van der Waals surface area contributed by atoms with Crippen LogP contribution in [0.25, 0.3) is 16.2 Å². The highest BCUT2D eigenvalue weighted by atomic mass is 32.2. The Kier molecular flexibility index (Phi) is 4.73. The number of sulfonamides is 1. The van der Waals surface area contributed by atoms with E-state index in [1.165, 1.54) is 0 Å². The number of benzene rings is 1. The van der Waals surface area contributed by atoms with Crippen molar-refractivity contribution in [3.05, 3.63) is 65.6 Å². The van der Waals surface area contributed by atoms with Gasteiger partial charge in [-0.15, -0.1) is 0 Å². The fraction of sp³-hybridized carbons (Fsp3) is 0.167. The van der Waals surface area contributed by atoms with Gasteiger partial charge in [-0.3, -0.25) is 4.98 Å². The fourth-order valence-electron chi connectivity index (χ4n) is 2.83. The molecule has 0 fully saturated rings. The van der Waals surface area contributed by atoms with Crippen LogP contribution in [0.4, 0.5) is 0 Å². The molecule has 0 aliphatic heterocycles. The Morgan fingerprint density at radius 1 is 1.07 bits per heavy atom. The third kappa shape index (κ3) is 3.90.